The maximum absolute atomic E-state index is 13.2. The summed E-state index contributed by atoms with van der Waals surface area (Å²) < 4.78 is 0. The fourth-order valence-electron chi connectivity index (χ4n) is 3.82. The quantitative estimate of drug-likeness (QED) is 0.784. The summed E-state index contributed by atoms with van der Waals surface area (Å²) in [6.45, 7) is 5.95. The van der Waals surface area contributed by atoms with Crippen LogP contribution in [0.25, 0.3) is 11.3 Å². The number of hydrogen-bond acceptors (Lipinski definition) is 4. The van der Waals surface area contributed by atoms with Gasteiger partial charge in [-0.05, 0) is 45.4 Å². The van der Waals surface area contributed by atoms with E-state index in [9.17, 15) is 4.79 Å². The maximum Gasteiger partial charge on any atom is 0.266 e. The molecule has 0 radical (unpaired) electrons. The molecule has 0 unspecified atom stereocenters. The van der Waals surface area contributed by atoms with E-state index in [-0.39, 0.29) is 5.91 Å². The van der Waals surface area contributed by atoms with Crippen molar-refractivity contribution in [2.45, 2.75) is 45.4 Å². The number of benzene rings is 1. The molecule has 2 aliphatic rings. The van der Waals surface area contributed by atoms with Crippen LogP contribution in [-0.4, -0.2) is 42.0 Å². The molecule has 138 valence electrons. The summed E-state index contributed by atoms with van der Waals surface area (Å²) in [6.07, 6.45) is 7.19. The Morgan fingerprint density at radius 3 is 2.19 bits per heavy atom. The Balaban J connectivity index is 1.70. The topological polar surface area (TPSA) is 36.4 Å². The van der Waals surface area contributed by atoms with Gasteiger partial charge < -0.3 is 9.80 Å². The standard InChI is InChI=1S/C21H27N3OS/c1-16-8-10-17(11-9-16)18-19(20(25)23-12-4-2-5-13-23)26-21(22-18)24-14-6-3-7-15-24/h8-11H,2-7,12-15H2,1H3. The van der Waals surface area contributed by atoms with Crippen LogP contribution in [0.3, 0.4) is 0 Å². The van der Waals surface area contributed by atoms with Crippen LogP contribution in [0.2, 0.25) is 0 Å². The number of likely N-dealkylation sites (tertiary alicyclic amines) is 1. The number of rotatable bonds is 3. The number of amides is 1. The molecule has 0 atom stereocenters. The second-order valence-electron chi connectivity index (χ2n) is 7.44. The minimum absolute atomic E-state index is 0.168. The van der Waals surface area contributed by atoms with Gasteiger partial charge in [0, 0.05) is 31.7 Å². The van der Waals surface area contributed by atoms with Crippen LogP contribution in [0.1, 0.15) is 53.8 Å². The van der Waals surface area contributed by atoms with E-state index < -0.39 is 0 Å². The van der Waals surface area contributed by atoms with Crippen LogP contribution in [0.4, 0.5) is 5.13 Å². The Kier molecular flexibility index (Phi) is 5.25. The zero-order chi connectivity index (χ0) is 17.9. The van der Waals surface area contributed by atoms with E-state index >= 15 is 0 Å². The van der Waals surface area contributed by atoms with Gasteiger partial charge in [-0.2, -0.15) is 0 Å². The second kappa shape index (κ2) is 7.78. The minimum atomic E-state index is 0.168. The average molecular weight is 370 g/mol. The number of nitrogens with zero attached hydrogens (tertiary/aromatic N) is 3. The van der Waals surface area contributed by atoms with Gasteiger partial charge in [0.05, 0.1) is 5.69 Å². The van der Waals surface area contributed by atoms with Crippen LogP contribution >= 0.6 is 11.3 Å². The molecule has 1 amide bonds. The van der Waals surface area contributed by atoms with Crippen LogP contribution in [0.15, 0.2) is 24.3 Å². The predicted octanol–water partition coefficient (Wildman–Crippen LogP) is 4.73. The normalized spacial score (nSPS) is 18.2. The summed E-state index contributed by atoms with van der Waals surface area (Å²) in [7, 11) is 0. The van der Waals surface area contributed by atoms with Crippen molar-refractivity contribution in [2.24, 2.45) is 0 Å². The lowest BCUT2D eigenvalue weighted by Crippen LogP contribution is -2.35. The van der Waals surface area contributed by atoms with E-state index in [0.29, 0.717) is 0 Å². The Hall–Kier alpha value is -1.88. The van der Waals surface area contributed by atoms with Gasteiger partial charge in [0.25, 0.3) is 5.91 Å². The molecule has 0 N–H and O–H groups in total. The van der Waals surface area contributed by atoms with Gasteiger partial charge in [0.2, 0.25) is 0 Å². The Morgan fingerprint density at radius 2 is 1.54 bits per heavy atom. The molecule has 4 rings (SSSR count). The van der Waals surface area contributed by atoms with E-state index in [1.807, 2.05) is 4.90 Å². The first-order valence-corrected chi connectivity index (χ1v) is 10.7. The average Bonchev–Trinajstić information content (AvgIpc) is 3.15. The molecular formula is C21H27N3OS. The molecule has 1 aromatic carbocycles. The third-order valence-electron chi connectivity index (χ3n) is 5.40. The van der Waals surface area contributed by atoms with Gasteiger partial charge in [-0.15, -0.1) is 0 Å². The molecule has 0 aliphatic carbocycles. The molecule has 0 spiro atoms. The first-order valence-electron chi connectivity index (χ1n) is 9.84. The lowest BCUT2D eigenvalue weighted by atomic mass is 10.1. The fraction of sp³-hybridized carbons (Fsp3) is 0.524. The summed E-state index contributed by atoms with van der Waals surface area (Å²) >= 11 is 1.59. The molecule has 2 fully saturated rings. The number of anilines is 1. The maximum atomic E-state index is 13.2. The number of aryl methyl sites for hydroxylation is 1. The Morgan fingerprint density at radius 1 is 0.923 bits per heavy atom. The number of piperidine rings is 2. The van der Waals surface area contributed by atoms with Crippen LogP contribution < -0.4 is 4.90 Å². The molecule has 5 heteroatoms. The summed E-state index contributed by atoms with van der Waals surface area (Å²) in [6, 6.07) is 8.39. The highest BCUT2D eigenvalue weighted by atomic mass is 32.1. The lowest BCUT2D eigenvalue weighted by Gasteiger charge is -2.26. The van der Waals surface area contributed by atoms with Gasteiger partial charge in [-0.3, -0.25) is 4.79 Å². The van der Waals surface area contributed by atoms with Crippen LogP contribution in [-0.2, 0) is 0 Å². The molecule has 3 heterocycles. The SMILES string of the molecule is Cc1ccc(-c2nc(N3CCCCC3)sc2C(=O)N2CCCCC2)cc1. The van der Waals surface area contributed by atoms with Crippen molar-refractivity contribution in [1.29, 1.82) is 0 Å². The number of carbonyl (C=O) groups is 1. The molecule has 1 aromatic heterocycles. The minimum Gasteiger partial charge on any atom is -0.348 e. The molecule has 2 aliphatic heterocycles. The fourth-order valence-corrected chi connectivity index (χ4v) is 4.93. The second-order valence-corrected chi connectivity index (χ2v) is 8.42. The molecule has 0 saturated carbocycles. The van der Waals surface area contributed by atoms with Gasteiger partial charge in [-0.25, -0.2) is 4.98 Å². The monoisotopic (exact) mass is 369 g/mol. The third-order valence-corrected chi connectivity index (χ3v) is 6.51. The highest BCUT2D eigenvalue weighted by Crippen LogP contribution is 2.35. The largest absolute Gasteiger partial charge is 0.348 e. The van der Waals surface area contributed by atoms with Gasteiger partial charge >= 0.3 is 0 Å². The lowest BCUT2D eigenvalue weighted by molar-refractivity contribution is 0.0730. The molecule has 26 heavy (non-hydrogen) atoms. The first kappa shape index (κ1) is 17.5. The van der Waals surface area contributed by atoms with E-state index in [4.69, 9.17) is 4.98 Å². The van der Waals surface area contributed by atoms with Crippen molar-refractivity contribution in [3.05, 3.63) is 34.7 Å². The van der Waals surface area contributed by atoms with Crippen molar-refractivity contribution in [3.8, 4) is 11.3 Å². The summed E-state index contributed by atoms with van der Waals surface area (Å²) in [5, 5.41) is 1.01. The van der Waals surface area contributed by atoms with E-state index in [0.717, 1.165) is 60.3 Å². The van der Waals surface area contributed by atoms with Crippen molar-refractivity contribution in [3.63, 3.8) is 0 Å². The predicted molar refractivity (Wildman–Crippen MR) is 108 cm³/mol. The van der Waals surface area contributed by atoms with Gasteiger partial charge in [0.1, 0.15) is 4.88 Å². The van der Waals surface area contributed by atoms with Crippen LogP contribution in [0, 0.1) is 6.92 Å². The van der Waals surface area contributed by atoms with E-state index in [2.05, 4.69) is 36.1 Å². The van der Waals surface area contributed by atoms with Crippen molar-refractivity contribution >= 4 is 22.4 Å². The summed E-state index contributed by atoms with van der Waals surface area (Å²) in [4.78, 5) is 23.4. The zero-order valence-corrected chi connectivity index (χ0v) is 16.4. The summed E-state index contributed by atoms with van der Waals surface area (Å²) in [5.41, 5.74) is 3.14. The zero-order valence-electron chi connectivity index (χ0n) is 15.5. The van der Waals surface area contributed by atoms with Crippen molar-refractivity contribution < 1.29 is 4.79 Å². The Bertz CT molecular complexity index is 756. The van der Waals surface area contributed by atoms with E-state index in [1.54, 1.807) is 11.3 Å². The van der Waals surface area contributed by atoms with Gasteiger partial charge in [0.15, 0.2) is 5.13 Å². The number of carbonyl (C=O) groups excluding carboxylic acids is 1. The molecule has 2 aromatic rings. The Labute approximate surface area is 159 Å². The first-order chi connectivity index (χ1) is 12.7. The third kappa shape index (κ3) is 3.63. The molecule has 2 saturated heterocycles. The highest BCUT2D eigenvalue weighted by molar-refractivity contribution is 7.18. The van der Waals surface area contributed by atoms with Crippen LogP contribution in [0.5, 0.6) is 0 Å². The molecule has 0 bridgehead atoms. The smallest absolute Gasteiger partial charge is 0.266 e. The van der Waals surface area contributed by atoms with Crippen molar-refractivity contribution in [2.75, 3.05) is 31.1 Å². The molecular weight excluding hydrogens is 342 g/mol. The number of hydrogen-bond donors (Lipinski definition) is 0. The van der Waals surface area contributed by atoms with Gasteiger partial charge in [-0.1, -0.05) is 41.2 Å². The number of aromatic nitrogens is 1. The highest BCUT2D eigenvalue weighted by Gasteiger charge is 2.27. The summed E-state index contributed by atoms with van der Waals surface area (Å²) in [5.74, 6) is 0.168. The van der Waals surface area contributed by atoms with Crippen molar-refractivity contribution in [1.82, 2.24) is 9.88 Å². The number of thiazole rings is 1. The van der Waals surface area contributed by atoms with E-state index in [1.165, 1.54) is 31.2 Å². The molecule has 4 nitrogen and oxygen atoms in total.